The fourth-order valence-electron chi connectivity index (χ4n) is 6.93. The van der Waals surface area contributed by atoms with Gasteiger partial charge in [-0.2, -0.15) is 4.31 Å². The first-order valence-electron chi connectivity index (χ1n) is 11.2. The first-order valence-corrected chi connectivity index (χ1v) is 13.1. The van der Waals surface area contributed by atoms with Crippen molar-refractivity contribution in [2.75, 3.05) is 26.2 Å². The molecule has 1 amide bonds. The van der Waals surface area contributed by atoms with Crippen LogP contribution in [0.15, 0.2) is 29.2 Å². The van der Waals surface area contributed by atoms with Gasteiger partial charge in [-0.1, -0.05) is 17.7 Å². The number of halogens is 1. The smallest absolute Gasteiger partial charge is 0.243 e. The zero-order valence-corrected chi connectivity index (χ0v) is 19.2. The molecule has 4 aliphatic carbocycles. The van der Waals surface area contributed by atoms with Gasteiger partial charge in [0, 0.05) is 31.1 Å². The van der Waals surface area contributed by atoms with Gasteiger partial charge in [-0.05, 0) is 75.8 Å². The van der Waals surface area contributed by atoms with E-state index in [9.17, 15) is 13.2 Å². The molecule has 2 atom stereocenters. The van der Waals surface area contributed by atoms with Gasteiger partial charge >= 0.3 is 0 Å². The molecular weight excluding hydrogens is 420 g/mol. The van der Waals surface area contributed by atoms with E-state index in [1.54, 1.807) is 16.4 Å². The number of sulfonamides is 1. The van der Waals surface area contributed by atoms with Crippen LogP contribution in [0.2, 0.25) is 0 Å². The summed E-state index contributed by atoms with van der Waals surface area (Å²) >= 11 is 6.94. The number of alkyl halides is 1. The second-order valence-electron chi connectivity index (χ2n) is 10.3. The molecule has 4 saturated carbocycles. The second kappa shape index (κ2) is 7.21. The fourth-order valence-corrected chi connectivity index (χ4v) is 9.09. The van der Waals surface area contributed by atoms with Crippen LogP contribution in [0.5, 0.6) is 0 Å². The van der Waals surface area contributed by atoms with Gasteiger partial charge in [-0.3, -0.25) is 4.79 Å². The first kappa shape index (κ1) is 20.8. The van der Waals surface area contributed by atoms with Crippen molar-refractivity contribution in [3.63, 3.8) is 0 Å². The monoisotopic (exact) mass is 450 g/mol. The number of rotatable bonds is 3. The van der Waals surface area contributed by atoms with E-state index in [1.807, 2.05) is 24.0 Å². The maximum absolute atomic E-state index is 13.7. The van der Waals surface area contributed by atoms with Crippen molar-refractivity contribution in [2.45, 2.75) is 61.6 Å². The molecule has 1 aromatic carbocycles. The number of aryl methyl sites for hydroxylation is 1. The number of amides is 1. The Labute approximate surface area is 184 Å². The zero-order valence-electron chi connectivity index (χ0n) is 17.6. The molecule has 0 aromatic heterocycles. The van der Waals surface area contributed by atoms with Gasteiger partial charge in [-0.15, -0.1) is 11.6 Å². The molecule has 7 heteroatoms. The largest absolute Gasteiger partial charge is 0.341 e. The molecule has 4 bridgehead atoms. The summed E-state index contributed by atoms with van der Waals surface area (Å²) in [6, 6.07) is 7.01. The van der Waals surface area contributed by atoms with Crippen molar-refractivity contribution < 1.29 is 13.2 Å². The van der Waals surface area contributed by atoms with Crippen molar-refractivity contribution in [1.29, 1.82) is 0 Å². The summed E-state index contributed by atoms with van der Waals surface area (Å²) in [5.41, 5.74) is 0.728. The predicted molar refractivity (Wildman–Crippen MR) is 117 cm³/mol. The highest BCUT2D eigenvalue weighted by Crippen LogP contribution is 2.64. The lowest BCUT2D eigenvalue weighted by molar-refractivity contribution is -0.155. The fraction of sp³-hybridized carbons (Fsp3) is 0.696. The SMILES string of the molecule is Cc1ccc(S(=O)(=O)N2CCCN(C(=O)C34C[C@H]5C[C@@H](CC(Cl)(C5)C3)C4)CC2)cc1. The summed E-state index contributed by atoms with van der Waals surface area (Å²) in [6.45, 7) is 3.86. The third kappa shape index (κ3) is 3.49. The third-order valence-corrected chi connectivity index (χ3v) is 10.2. The Hall–Kier alpha value is -1.11. The number of hydrogen-bond acceptors (Lipinski definition) is 3. The minimum absolute atomic E-state index is 0.188. The summed E-state index contributed by atoms with van der Waals surface area (Å²) in [7, 11) is -3.53. The molecule has 1 aliphatic heterocycles. The number of carbonyl (C=O) groups excluding carboxylic acids is 1. The number of hydrogen-bond donors (Lipinski definition) is 0. The van der Waals surface area contributed by atoms with Gasteiger partial charge < -0.3 is 4.90 Å². The molecule has 0 radical (unpaired) electrons. The Bertz CT molecular complexity index is 932. The summed E-state index contributed by atoms with van der Waals surface area (Å²) < 4.78 is 27.7. The molecule has 0 unspecified atom stereocenters. The van der Waals surface area contributed by atoms with E-state index in [-0.39, 0.29) is 16.2 Å². The van der Waals surface area contributed by atoms with Crippen molar-refractivity contribution >= 4 is 27.5 Å². The highest BCUT2D eigenvalue weighted by Gasteiger charge is 2.60. The Morgan fingerprint density at radius 2 is 1.67 bits per heavy atom. The summed E-state index contributed by atoms with van der Waals surface area (Å²) in [6.07, 6.45) is 6.76. The quantitative estimate of drug-likeness (QED) is 0.658. The number of nitrogens with zero attached hydrogens (tertiary/aromatic N) is 2. The maximum Gasteiger partial charge on any atom is 0.243 e. The molecule has 5 nitrogen and oxygen atoms in total. The zero-order chi connectivity index (χ0) is 21.1. The molecule has 164 valence electrons. The maximum atomic E-state index is 13.7. The predicted octanol–water partition coefficient (Wildman–Crippen LogP) is 3.80. The Kier molecular flexibility index (Phi) is 4.99. The van der Waals surface area contributed by atoms with Crippen LogP contribution in [-0.4, -0.2) is 54.6 Å². The molecule has 5 fully saturated rings. The van der Waals surface area contributed by atoms with Gasteiger partial charge in [0.15, 0.2) is 0 Å². The van der Waals surface area contributed by atoms with Crippen LogP contribution in [0.4, 0.5) is 0 Å². The Morgan fingerprint density at radius 1 is 1.00 bits per heavy atom. The van der Waals surface area contributed by atoms with Crippen molar-refractivity contribution in [2.24, 2.45) is 17.3 Å². The molecule has 1 saturated heterocycles. The van der Waals surface area contributed by atoms with Crippen LogP contribution in [0.3, 0.4) is 0 Å². The summed E-state index contributed by atoms with van der Waals surface area (Å²) in [5.74, 6) is 1.40. The van der Waals surface area contributed by atoms with Gasteiger partial charge in [0.1, 0.15) is 0 Å². The normalized spacial score (nSPS) is 36.7. The molecule has 0 N–H and O–H groups in total. The van der Waals surface area contributed by atoms with Crippen LogP contribution in [0, 0.1) is 24.2 Å². The minimum Gasteiger partial charge on any atom is -0.341 e. The first-order chi connectivity index (χ1) is 14.2. The molecular formula is C23H31ClN2O3S. The lowest BCUT2D eigenvalue weighted by Crippen LogP contribution is -2.59. The van der Waals surface area contributed by atoms with Gasteiger partial charge in [-0.25, -0.2) is 8.42 Å². The van der Waals surface area contributed by atoms with Crippen LogP contribution in [0.25, 0.3) is 0 Å². The molecule has 6 rings (SSSR count). The standard InChI is InChI=1S/C23H31ClN2O3S/c1-17-3-5-20(6-4-17)30(28,29)26-8-2-7-25(9-10-26)21(27)22-12-18-11-19(13-22)15-23(24,14-18)16-22/h3-6,18-19H,2,7-16H2,1H3/t18-,19-,22?,23?/m1/s1. The van der Waals surface area contributed by atoms with Crippen molar-refractivity contribution in [3.8, 4) is 0 Å². The van der Waals surface area contributed by atoms with Crippen LogP contribution in [0.1, 0.15) is 50.5 Å². The minimum atomic E-state index is -3.53. The van der Waals surface area contributed by atoms with E-state index in [0.29, 0.717) is 49.3 Å². The van der Waals surface area contributed by atoms with E-state index >= 15 is 0 Å². The van der Waals surface area contributed by atoms with Gasteiger partial charge in [0.05, 0.1) is 10.3 Å². The highest BCUT2D eigenvalue weighted by molar-refractivity contribution is 7.89. The lowest BCUT2D eigenvalue weighted by atomic mass is 9.49. The van der Waals surface area contributed by atoms with Gasteiger partial charge in [0.2, 0.25) is 15.9 Å². The second-order valence-corrected chi connectivity index (χ2v) is 13.0. The van der Waals surface area contributed by atoms with E-state index in [0.717, 1.165) is 37.7 Å². The summed E-state index contributed by atoms with van der Waals surface area (Å²) in [4.78, 5) is 15.8. The molecule has 30 heavy (non-hydrogen) atoms. The topological polar surface area (TPSA) is 57.7 Å². The lowest BCUT2D eigenvalue weighted by Gasteiger charge is -2.59. The molecule has 1 heterocycles. The van der Waals surface area contributed by atoms with Crippen LogP contribution < -0.4 is 0 Å². The molecule has 5 aliphatic rings. The highest BCUT2D eigenvalue weighted by atomic mass is 35.5. The Balaban J connectivity index is 1.31. The third-order valence-electron chi connectivity index (χ3n) is 7.84. The van der Waals surface area contributed by atoms with E-state index in [2.05, 4.69) is 0 Å². The summed E-state index contributed by atoms with van der Waals surface area (Å²) in [5, 5.41) is 0. The van der Waals surface area contributed by atoms with E-state index in [1.165, 1.54) is 6.42 Å². The van der Waals surface area contributed by atoms with Crippen molar-refractivity contribution in [1.82, 2.24) is 9.21 Å². The molecule has 1 aromatic rings. The number of carbonyl (C=O) groups is 1. The van der Waals surface area contributed by atoms with E-state index < -0.39 is 10.0 Å². The Morgan fingerprint density at radius 3 is 2.30 bits per heavy atom. The van der Waals surface area contributed by atoms with Crippen LogP contribution in [-0.2, 0) is 14.8 Å². The van der Waals surface area contributed by atoms with Gasteiger partial charge in [0.25, 0.3) is 0 Å². The average molecular weight is 451 g/mol. The van der Waals surface area contributed by atoms with Crippen LogP contribution >= 0.6 is 11.6 Å². The average Bonchev–Trinajstić information content (AvgIpc) is 2.92. The van der Waals surface area contributed by atoms with Crippen molar-refractivity contribution in [3.05, 3.63) is 29.8 Å². The van der Waals surface area contributed by atoms with E-state index in [4.69, 9.17) is 11.6 Å². The molecule has 0 spiro atoms. The number of benzene rings is 1.